The van der Waals surface area contributed by atoms with Crippen LogP contribution in [-0.4, -0.2) is 20.6 Å². The molecule has 1 aliphatic rings. The third kappa shape index (κ3) is 2.30. The van der Waals surface area contributed by atoms with Crippen LogP contribution in [0, 0.1) is 0 Å². The highest BCUT2D eigenvalue weighted by Crippen LogP contribution is 2.45. The van der Waals surface area contributed by atoms with Crippen LogP contribution in [0.1, 0.15) is 36.6 Å². The van der Waals surface area contributed by atoms with Crippen molar-refractivity contribution in [2.45, 2.75) is 36.8 Å². The molecule has 0 amide bonds. The summed E-state index contributed by atoms with van der Waals surface area (Å²) >= 11 is 1.83. The van der Waals surface area contributed by atoms with E-state index in [1.54, 1.807) is 6.20 Å². The largest absolute Gasteiger partial charge is 0.386 e. The first-order chi connectivity index (χ1) is 9.31. The number of hydrogen-bond acceptors (Lipinski definition) is 3. The summed E-state index contributed by atoms with van der Waals surface area (Å²) in [6.07, 6.45) is 2.34. The Morgan fingerprint density at radius 1 is 1.42 bits per heavy atom. The van der Waals surface area contributed by atoms with E-state index >= 15 is 0 Å². The molecule has 0 bridgehead atoms. The summed E-state index contributed by atoms with van der Waals surface area (Å²) in [6.45, 7) is 2.99. The highest BCUT2D eigenvalue weighted by atomic mass is 32.2. The monoisotopic (exact) mass is 274 g/mol. The fourth-order valence-corrected chi connectivity index (χ4v) is 3.93. The molecule has 0 fully saturated rings. The lowest BCUT2D eigenvalue weighted by Gasteiger charge is -2.19. The number of aromatic nitrogens is 2. The van der Waals surface area contributed by atoms with Crippen molar-refractivity contribution < 1.29 is 5.11 Å². The number of nitrogens with zero attached hydrogens (tertiary/aromatic N) is 2. The Balaban J connectivity index is 1.89. The standard InChI is InChI=1S/C15H18N2OS/c1-2-9-17-13(7-8-16-17)15(18)12-10-19-14-6-4-3-5-11(12)14/h3-8,12,15,18H,2,9-10H2,1H3. The first kappa shape index (κ1) is 12.8. The second-order valence-electron chi connectivity index (χ2n) is 4.88. The second kappa shape index (κ2) is 5.39. The predicted octanol–water partition coefficient (Wildman–Crippen LogP) is 3.22. The van der Waals surface area contributed by atoms with Crippen molar-refractivity contribution in [3.63, 3.8) is 0 Å². The molecule has 2 unspecified atom stereocenters. The van der Waals surface area contributed by atoms with E-state index in [1.165, 1.54) is 10.5 Å². The maximum atomic E-state index is 10.7. The average Bonchev–Trinajstić information content (AvgIpc) is 3.04. The van der Waals surface area contributed by atoms with E-state index in [9.17, 15) is 5.11 Å². The SMILES string of the molecule is CCCn1nccc1C(O)C1CSc2ccccc21. The number of aryl methyl sites for hydroxylation is 1. The zero-order chi connectivity index (χ0) is 13.2. The van der Waals surface area contributed by atoms with Gasteiger partial charge in [0.05, 0.1) is 5.69 Å². The van der Waals surface area contributed by atoms with Gasteiger partial charge < -0.3 is 5.11 Å². The minimum Gasteiger partial charge on any atom is -0.386 e. The van der Waals surface area contributed by atoms with Crippen LogP contribution >= 0.6 is 11.8 Å². The van der Waals surface area contributed by atoms with Crippen molar-refractivity contribution in [3.8, 4) is 0 Å². The molecule has 0 radical (unpaired) electrons. The van der Waals surface area contributed by atoms with Gasteiger partial charge in [0.15, 0.2) is 0 Å². The third-order valence-electron chi connectivity index (χ3n) is 3.61. The van der Waals surface area contributed by atoms with Crippen molar-refractivity contribution in [1.82, 2.24) is 9.78 Å². The highest BCUT2D eigenvalue weighted by molar-refractivity contribution is 7.99. The Morgan fingerprint density at radius 2 is 2.26 bits per heavy atom. The van der Waals surface area contributed by atoms with E-state index in [2.05, 4.69) is 30.2 Å². The van der Waals surface area contributed by atoms with E-state index in [1.807, 2.05) is 28.6 Å². The van der Waals surface area contributed by atoms with E-state index in [0.29, 0.717) is 0 Å². The molecule has 100 valence electrons. The van der Waals surface area contributed by atoms with Gasteiger partial charge in [-0.25, -0.2) is 0 Å². The Morgan fingerprint density at radius 3 is 3.11 bits per heavy atom. The molecule has 2 aromatic rings. The van der Waals surface area contributed by atoms with Crippen molar-refractivity contribution in [1.29, 1.82) is 0 Å². The van der Waals surface area contributed by atoms with Crippen molar-refractivity contribution in [2.75, 3.05) is 5.75 Å². The van der Waals surface area contributed by atoms with Crippen LogP contribution < -0.4 is 0 Å². The molecule has 1 aliphatic heterocycles. The average molecular weight is 274 g/mol. The van der Waals surface area contributed by atoms with Crippen LogP contribution in [0.3, 0.4) is 0 Å². The molecule has 4 heteroatoms. The van der Waals surface area contributed by atoms with Crippen LogP contribution in [0.4, 0.5) is 0 Å². The summed E-state index contributed by atoms with van der Waals surface area (Å²) < 4.78 is 1.93. The smallest absolute Gasteiger partial charge is 0.103 e. The fourth-order valence-electron chi connectivity index (χ4n) is 2.65. The van der Waals surface area contributed by atoms with Crippen LogP contribution in [0.2, 0.25) is 0 Å². The lowest BCUT2D eigenvalue weighted by molar-refractivity contribution is 0.142. The molecule has 0 aliphatic carbocycles. The number of rotatable bonds is 4. The van der Waals surface area contributed by atoms with Crippen LogP contribution in [-0.2, 0) is 6.54 Å². The van der Waals surface area contributed by atoms with Gasteiger partial charge in [-0.2, -0.15) is 5.10 Å². The lowest BCUT2D eigenvalue weighted by atomic mass is 9.93. The normalized spacial score (nSPS) is 19.4. The number of aliphatic hydroxyl groups excluding tert-OH is 1. The summed E-state index contributed by atoms with van der Waals surface area (Å²) in [5.41, 5.74) is 2.20. The summed E-state index contributed by atoms with van der Waals surface area (Å²) in [5, 5.41) is 15.0. The molecule has 0 saturated heterocycles. The first-order valence-electron chi connectivity index (χ1n) is 6.72. The number of aliphatic hydroxyl groups is 1. The Bertz CT molecular complexity index is 567. The van der Waals surface area contributed by atoms with E-state index < -0.39 is 6.10 Å². The van der Waals surface area contributed by atoms with Gasteiger partial charge in [0.1, 0.15) is 6.10 Å². The minimum absolute atomic E-state index is 0.175. The van der Waals surface area contributed by atoms with E-state index in [4.69, 9.17) is 0 Å². The van der Waals surface area contributed by atoms with E-state index in [0.717, 1.165) is 24.4 Å². The molecule has 3 nitrogen and oxygen atoms in total. The highest BCUT2D eigenvalue weighted by Gasteiger charge is 2.31. The van der Waals surface area contributed by atoms with Gasteiger partial charge >= 0.3 is 0 Å². The van der Waals surface area contributed by atoms with Gasteiger partial charge in [0.25, 0.3) is 0 Å². The molecule has 1 N–H and O–H groups in total. The van der Waals surface area contributed by atoms with Gasteiger partial charge in [0.2, 0.25) is 0 Å². The molecular weight excluding hydrogens is 256 g/mol. The molecule has 19 heavy (non-hydrogen) atoms. The molecule has 0 spiro atoms. The first-order valence-corrected chi connectivity index (χ1v) is 7.71. The number of thioether (sulfide) groups is 1. The van der Waals surface area contributed by atoms with Gasteiger partial charge in [-0.15, -0.1) is 11.8 Å². The molecule has 2 heterocycles. The molecule has 1 aromatic carbocycles. The van der Waals surface area contributed by atoms with Crippen LogP contribution in [0.15, 0.2) is 41.4 Å². The van der Waals surface area contributed by atoms with Crippen molar-refractivity contribution in [2.24, 2.45) is 0 Å². The van der Waals surface area contributed by atoms with Crippen molar-refractivity contribution in [3.05, 3.63) is 47.8 Å². The molecule has 0 saturated carbocycles. The summed E-state index contributed by atoms with van der Waals surface area (Å²) in [7, 11) is 0. The molecule has 2 atom stereocenters. The van der Waals surface area contributed by atoms with Crippen molar-refractivity contribution >= 4 is 11.8 Å². The zero-order valence-corrected chi connectivity index (χ0v) is 11.8. The quantitative estimate of drug-likeness (QED) is 0.930. The van der Waals surface area contributed by atoms with Crippen LogP contribution in [0.5, 0.6) is 0 Å². The molecule has 1 aromatic heterocycles. The summed E-state index contributed by atoms with van der Waals surface area (Å²) in [6, 6.07) is 10.3. The molecule has 3 rings (SSSR count). The Labute approximate surface area is 117 Å². The lowest BCUT2D eigenvalue weighted by Crippen LogP contribution is -2.16. The van der Waals surface area contributed by atoms with Gasteiger partial charge in [-0.05, 0) is 24.1 Å². The maximum Gasteiger partial charge on any atom is 0.103 e. The Hall–Kier alpha value is -1.26. The van der Waals surface area contributed by atoms with Gasteiger partial charge in [-0.1, -0.05) is 25.1 Å². The van der Waals surface area contributed by atoms with Gasteiger partial charge in [0, 0.05) is 29.3 Å². The number of fused-ring (bicyclic) bond motifs is 1. The van der Waals surface area contributed by atoms with Crippen LogP contribution in [0.25, 0.3) is 0 Å². The molecular formula is C15H18N2OS. The second-order valence-corrected chi connectivity index (χ2v) is 5.94. The van der Waals surface area contributed by atoms with E-state index in [-0.39, 0.29) is 5.92 Å². The minimum atomic E-state index is -0.467. The number of hydrogen-bond donors (Lipinski definition) is 1. The fraction of sp³-hybridized carbons (Fsp3) is 0.400. The predicted molar refractivity (Wildman–Crippen MR) is 77.4 cm³/mol. The summed E-state index contributed by atoms with van der Waals surface area (Å²) in [4.78, 5) is 1.30. The third-order valence-corrected chi connectivity index (χ3v) is 4.81. The topological polar surface area (TPSA) is 38.0 Å². The zero-order valence-electron chi connectivity index (χ0n) is 11.0. The summed E-state index contributed by atoms with van der Waals surface area (Å²) in [5.74, 6) is 1.12. The Kier molecular flexibility index (Phi) is 3.62. The van der Waals surface area contributed by atoms with Gasteiger partial charge in [-0.3, -0.25) is 4.68 Å². The number of benzene rings is 1. The maximum absolute atomic E-state index is 10.7.